The first-order chi connectivity index (χ1) is 13.3. The first kappa shape index (κ1) is 20.6. The van der Waals surface area contributed by atoms with Gasteiger partial charge in [-0.25, -0.2) is 8.42 Å². The minimum absolute atomic E-state index is 0.00833. The molecule has 28 heavy (non-hydrogen) atoms. The van der Waals surface area contributed by atoms with Crippen molar-refractivity contribution in [3.05, 3.63) is 40.8 Å². The van der Waals surface area contributed by atoms with Gasteiger partial charge < -0.3 is 4.90 Å². The maximum Gasteiger partial charge on any atom is 0.293 e. The van der Waals surface area contributed by atoms with Gasteiger partial charge in [-0.1, -0.05) is 30.3 Å². The second kappa shape index (κ2) is 8.48. The van der Waals surface area contributed by atoms with Gasteiger partial charge in [0.05, 0.1) is 16.4 Å². The lowest BCUT2D eigenvalue weighted by atomic mass is 10.2. The average molecular weight is 423 g/mol. The van der Waals surface area contributed by atoms with Crippen molar-refractivity contribution in [1.29, 1.82) is 0 Å². The van der Waals surface area contributed by atoms with Crippen LogP contribution in [0.1, 0.15) is 25.3 Å². The number of hydrogen-bond acceptors (Lipinski definition) is 6. The van der Waals surface area contributed by atoms with E-state index in [-0.39, 0.29) is 36.4 Å². The molecule has 1 aromatic carbocycles. The summed E-state index contributed by atoms with van der Waals surface area (Å²) >= 11 is 0.862. The first-order valence-corrected chi connectivity index (χ1v) is 11.7. The molecule has 2 aliphatic rings. The summed E-state index contributed by atoms with van der Waals surface area (Å²) in [5.74, 6) is -0.572. The van der Waals surface area contributed by atoms with Crippen molar-refractivity contribution in [2.75, 3.05) is 24.6 Å². The predicted octanol–water partition coefficient (Wildman–Crippen LogP) is 2.15. The quantitative estimate of drug-likeness (QED) is 0.653. The van der Waals surface area contributed by atoms with Crippen LogP contribution in [0.3, 0.4) is 0 Å². The number of carbonyl (C=O) groups is 3. The zero-order valence-electron chi connectivity index (χ0n) is 15.5. The Bertz CT molecular complexity index is 912. The van der Waals surface area contributed by atoms with E-state index in [2.05, 4.69) is 0 Å². The van der Waals surface area contributed by atoms with Gasteiger partial charge in [-0.3, -0.25) is 19.3 Å². The molecular weight excluding hydrogens is 400 g/mol. The van der Waals surface area contributed by atoms with Crippen LogP contribution in [0.4, 0.5) is 4.79 Å². The van der Waals surface area contributed by atoms with Gasteiger partial charge in [-0.15, -0.1) is 0 Å². The molecule has 0 N–H and O–H groups in total. The third kappa shape index (κ3) is 4.64. The maximum atomic E-state index is 12.6. The summed E-state index contributed by atoms with van der Waals surface area (Å²) in [6, 6.07) is 8.91. The molecule has 0 aliphatic carbocycles. The van der Waals surface area contributed by atoms with E-state index in [0.29, 0.717) is 17.9 Å². The number of hydrogen-bond donors (Lipinski definition) is 0. The molecule has 150 valence electrons. The van der Waals surface area contributed by atoms with E-state index < -0.39 is 21.0 Å². The molecule has 3 amide bonds. The SMILES string of the molecule is CCN(C(=O)CCN1C(=O)S/C(=C\c2ccccc2)C1=O)C1CCS(=O)(=O)C1. The van der Waals surface area contributed by atoms with Gasteiger partial charge in [0.1, 0.15) is 0 Å². The zero-order chi connectivity index (χ0) is 20.3. The minimum atomic E-state index is -3.09. The fourth-order valence-corrected chi connectivity index (χ4v) is 6.00. The Morgan fingerprint density at radius 1 is 1.29 bits per heavy atom. The summed E-state index contributed by atoms with van der Waals surface area (Å²) in [6.45, 7) is 2.19. The first-order valence-electron chi connectivity index (χ1n) is 9.11. The highest BCUT2D eigenvalue weighted by Crippen LogP contribution is 2.32. The Morgan fingerprint density at radius 3 is 2.61 bits per heavy atom. The average Bonchev–Trinajstić information content (AvgIpc) is 3.14. The molecule has 0 spiro atoms. The highest BCUT2D eigenvalue weighted by Gasteiger charge is 2.37. The van der Waals surface area contributed by atoms with Gasteiger partial charge in [0.2, 0.25) is 5.91 Å². The van der Waals surface area contributed by atoms with Gasteiger partial charge in [-0.2, -0.15) is 0 Å². The molecule has 0 aromatic heterocycles. The highest BCUT2D eigenvalue weighted by atomic mass is 32.2. The zero-order valence-corrected chi connectivity index (χ0v) is 17.2. The number of thioether (sulfide) groups is 1. The minimum Gasteiger partial charge on any atom is -0.339 e. The van der Waals surface area contributed by atoms with E-state index in [1.807, 2.05) is 30.3 Å². The molecule has 2 aliphatic heterocycles. The van der Waals surface area contributed by atoms with Gasteiger partial charge in [-0.05, 0) is 36.7 Å². The molecule has 2 saturated heterocycles. The van der Waals surface area contributed by atoms with Crippen molar-refractivity contribution in [2.24, 2.45) is 0 Å². The smallest absolute Gasteiger partial charge is 0.293 e. The predicted molar refractivity (Wildman–Crippen MR) is 108 cm³/mol. The number of carbonyl (C=O) groups excluding carboxylic acids is 3. The van der Waals surface area contributed by atoms with Crippen molar-refractivity contribution < 1.29 is 22.8 Å². The third-order valence-electron chi connectivity index (χ3n) is 4.83. The van der Waals surface area contributed by atoms with Crippen LogP contribution < -0.4 is 0 Å². The van der Waals surface area contributed by atoms with Crippen LogP contribution in [0.2, 0.25) is 0 Å². The van der Waals surface area contributed by atoms with E-state index in [1.165, 1.54) is 0 Å². The van der Waals surface area contributed by atoms with Crippen LogP contribution in [0, 0.1) is 0 Å². The van der Waals surface area contributed by atoms with Crippen LogP contribution >= 0.6 is 11.8 Å². The summed E-state index contributed by atoms with van der Waals surface area (Å²) in [7, 11) is -3.09. The van der Waals surface area contributed by atoms with Crippen molar-refractivity contribution in [3.8, 4) is 0 Å². The monoisotopic (exact) mass is 422 g/mol. The fourth-order valence-electron chi connectivity index (χ4n) is 3.40. The largest absolute Gasteiger partial charge is 0.339 e. The normalized spacial score (nSPS) is 22.8. The lowest BCUT2D eigenvalue weighted by Crippen LogP contribution is -2.42. The van der Waals surface area contributed by atoms with Crippen LogP contribution in [0.15, 0.2) is 35.2 Å². The van der Waals surface area contributed by atoms with Crippen molar-refractivity contribution in [1.82, 2.24) is 9.80 Å². The Morgan fingerprint density at radius 2 is 2.00 bits per heavy atom. The van der Waals surface area contributed by atoms with Crippen molar-refractivity contribution in [2.45, 2.75) is 25.8 Å². The summed E-state index contributed by atoms with van der Waals surface area (Å²) in [5.41, 5.74) is 0.823. The van der Waals surface area contributed by atoms with E-state index in [0.717, 1.165) is 22.2 Å². The molecule has 1 unspecified atom stereocenters. The second-order valence-corrected chi connectivity index (χ2v) is 9.95. The Kier molecular flexibility index (Phi) is 6.24. The van der Waals surface area contributed by atoms with Crippen LogP contribution in [0.5, 0.6) is 0 Å². The maximum absolute atomic E-state index is 12.6. The Balaban J connectivity index is 1.62. The van der Waals surface area contributed by atoms with E-state index >= 15 is 0 Å². The number of imide groups is 1. The highest BCUT2D eigenvalue weighted by molar-refractivity contribution is 8.18. The third-order valence-corrected chi connectivity index (χ3v) is 7.49. The molecule has 7 nitrogen and oxygen atoms in total. The Hall–Kier alpha value is -2.13. The summed E-state index contributed by atoms with van der Waals surface area (Å²) in [5, 5.41) is -0.397. The molecule has 3 rings (SSSR count). The number of rotatable bonds is 6. The molecule has 1 atom stereocenters. The molecule has 0 bridgehead atoms. The number of sulfone groups is 1. The lowest BCUT2D eigenvalue weighted by Gasteiger charge is -2.27. The van der Waals surface area contributed by atoms with Gasteiger partial charge in [0.15, 0.2) is 9.84 Å². The molecule has 0 radical (unpaired) electrons. The molecule has 2 heterocycles. The second-order valence-electron chi connectivity index (χ2n) is 6.73. The van der Waals surface area contributed by atoms with Crippen LogP contribution in [0.25, 0.3) is 6.08 Å². The summed E-state index contributed by atoms with van der Waals surface area (Å²) in [4.78, 5) is 40.3. The fraction of sp³-hybridized carbons (Fsp3) is 0.421. The lowest BCUT2D eigenvalue weighted by molar-refractivity contribution is -0.133. The Labute approximate surface area is 168 Å². The summed E-state index contributed by atoms with van der Waals surface area (Å²) < 4.78 is 23.4. The standard InChI is InChI=1S/C19H22N2O5S2/c1-2-20(15-9-11-28(25,26)13-15)17(22)8-10-21-18(23)16(27-19(21)24)12-14-6-4-3-5-7-14/h3-7,12,15H,2,8-11,13H2,1H3/b16-12-. The molecular formula is C19H22N2O5S2. The number of benzene rings is 1. The van der Waals surface area contributed by atoms with Gasteiger partial charge >= 0.3 is 0 Å². The van der Waals surface area contributed by atoms with Gasteiger partial charge in [0, 0.05) is 25.6 Å². The van der Waals surface area contributed by atoms with Crippen molar-refractivity contribution in [3.63, 3.8) is 0 Å². The number of nitrogens with zero attached hydrogens (tertiary/aromatic N) is 2. The molecule has 1 aromatic rings. The van der Waals surface area contributed by atoms with E-state index in [9.17, 15) is 22.8 Å². The van der Waals surface area contributed by atoms with Crippen molar-refractivity contribution >= 4 is 44.7 Å². The topological polar surface area (TPSA) is 91.8 Å². The van der Waals surface area contributed by atoms with Crippen LogP contribution in [-0.2, 0) is 19.4 Å². The van der Waals surface area contributed by atoms with E-state index in [1.54, 1.807) is 17.9 Å². The summed E-state index contributed by atoms with van der Waals surface area (Å²) in [6.07, 6.45) is 2.08. The number of amides is 3. The molecule has 9 heteroatoms. The molecule has 2 fully saturated rings. The van der Waals surface area contributed by atoms with E-state index in [4.69, 9.17) is 0 Å². The van der Waals surface area contributed by atoms with Gasteiger partial charge in [0.25, 0.3) is 11.1 Å². The molecule has 0 saturated carbocycles. The van der Waals surface area contributed by atoms with Crippen LogP contribution in [-0.4, -0.2) is 65.9 Å².